The first-order valence-corrected chi connectivity index (χ1v) is 4.43. The Morgan fingerprint density at radius 2 is 2.33 bits per heavy atom. The Morgan fingerprint density at radius 1 is 1.47 bits per heavy atom. The van der Waals surface area contributed by atoms with Gasteiger partial charge < -0.3 is 4.57 Å². The van der Waals surface area contributed by atoms with Crippen LogP contribution in [0.3, 0.4) is 0 Å². The molecule has 74 valence electrons. The fourth-order valence-corrected chi connectivity index (χ4v) is 1.36. The molecule has 0 aliphatic heterocycles. The Bertz CT molecular complexity index is 511. The van der Waals surface area contributed by atoms with Gasteiger partial charge >= 0.3 is 0 Å². The molecule has 2 heterocycles. The van der Waals surface area contributed by atoms with E-state index >= 15 is 0 Å². The highest BCUT2D eigenvalue weighted by Crippen LogP contribution is 2.06. The molecule has 2 rings (SSSR count). The molecule has 3 nitrogen and oxygen atoms in total. The summed E-state index contributed by atoms with van der Waals surface area (Å²) in [6.45, 7) is 0.520. The molecule has 2 aromatic rings. The van der Waals surface area contributed by atoms with Crippen molar-refractivity contribution in [3.63, 3.8) is 0 Å². The second-order valence-electron chi connectivity index (χ2n) is 3.20. The predicted molar refractivity (Wildman–Crippen MR) is 52.4 cm³/mol. The Kier molecular flexibility index (Phi) is 2.46. The van der Waals surface area contributed by atoms with E-state index in [1.807, 2.05) is 10.6 Å². The van der Waals surface area contributed by atoms with E-state index in [0.717, 1.165) is 5.56 Å². The third-order valence-corrected chi connectivity index (χ3v) is 2.01. The van der Waals surface area contributed by atoms with Crippen LogP contribution in [0.5, 0.6) is 0 Å². The molecule has 0 aromatic carbocycles. The highest BCUT2D eigenvalue weighted by Gasteiger charge is 1.99. The maximum Gasteiger partial charge on any atom is 0.141 e. The number of hydrogen-bond acceptors (Lipinski definition) is 2. The van der Waals surface area contributed by atoms with Gasteiger partial charge in [-0.1, -0.05) is 0 Å². The average molecular weight is 201 g/mol. The van der Waals surface area contributed by atoms with Gasteiger partial charge in [0.15, 0.2) is 0 Å². The molecule has 0 aliphatic carbocycles. The number of halogens is 1. The molecule has 0 fully saturated rings. The SMILES string of the molecule is N#Cc1ccn(Cc2cncc(F)c2)c1. The largest absolute Gasteiger partial charge is 0.348 e. The summed E-state index contributed by atoms with van der Waals surface area (Å²) in [6.07, 6.45) is 6.27. The summed E-state index contributed by atoms with van der Waals surface area (Å²) in [4.78, 5) is 3.75. The molecule has 0 aliphatic rings. The number of hydrogen-bond donors (Lipinski definition) is 0. The van der Waals surface area contributed by atoms with Crippen LogP contribution in [0, 0.1) is 17.1 Å². The second kappa shape index (κ2) is 3.93. The molecule has 0 atom stereocenters. The van der Waals surface area contributed by atoms with Crippen LogP contribution in [-0.4, -0.2) is 9.55 Å². The molecule has 2 aromatic heterocycles. The quantitative estimate of drug-likeness (QED) is 0.745. The lowest BCUT2D eigenvalue weighted by Gasteiger charge is -2.01. The molecule has 0 radical (unpaired) electrons. The highest BCUT2D eigenvalue weighted by atomic mass is 19.1. The summed E-state index contributed by atoms with van der Waals surface area (Å²) in [6, 6.07) is 5.18. The van der Waals surface area contributed by atoms with E-state index in [2.05, 4.69) is 4.98 Å². The monoisotopic (exact) mass is 201 g/mol. The fraction of sp³-hybridized carbons (Fsp3) is 0.0909. The van der Waals surface area contributed by atoms with Gasteiger partial charge in [0, 0.05) is 25.1 Å². The molecule has 0 N–H and O–H groups in total. The standard InChI is InChI=1S/C11H8FN3/c12-11-3-10(5-14-6-11)8-15-2-1-9(4-13)7-15/h1-3,5-7H,8H2. The van der Waals surface area contributed by atoms with Gasteiger partial charge in [0.25, 0.3) is 0 Å². The van der Waals surface area contributed by atoms with E-state index in [0.29, 0.717) is 12.1 Å². The normalized spacial score (nSPS) is 9.87. The first kappa shape index (κ1) is 9.41. The zero-order valence-corrected chi connectivity index (χ0v) is 7.89. The van der Waals surface area contributed by atoms with Gasteiger partial charge in [0.2, 0.25) is 0 Å². The topological polar surface area (TPSA) is 41.6 Å². The highest BCUT2D eigenvalue weighted by molar-refractivity contribution is 5.26. The Morgan fingerprint density at radius 3 is 3.00 bits per heavy atom. The van der Waals surface area contributed by atoms with Crippen LogP contribution in [-0.2, 0) is 6.54 Å². The lowest BCUT2D eigenvalue weighted by molar-refractivity contribution is 0.616. The van der Waals surface area contributed by atoms with Crippen LogP contribution >= 0.6 is 0 Å². The smallest absolute Gasteiger partial charge is 0.141 e. The van der Waals surface area contributed by atoms with Gasteiger partial charge in [-0.25, -0.2) is 4.39 Å². The van der Waals surface area contributed by atoms with E-state index in [1.165, 1.54) is 12.3 Å². The lowest BCUT2D eigenvalue weighted by Crippen LogP contribution is -1.97. The Labute approximate surface area is 86.4 Å². The van der Waals surface area contributed by atoms with Gasteiger partial charge in [-0.3, -0.25) is 4.98 Å². The van der Waals surface area contributed by atoms with Crippen molar-refractivity contribution in [2.24, 2.45) is 0 Å². The maximum absolute atomic E-state index is 12.8. The molecule has 0 saturated carbocycles. The van der Waals surface area contributed by atoms with Gasteiger partial charge in [-0.2, -0.15) is 5.26 Å². The van der Waals surface area contributed by atoms with E-state index in [1.54, 1.807) is 24.7 Å². The van der Waals surface area contributed by atoms with Crippen molar-refractivity contribution in [2.45, 2.75) is 6.54 Å². The number of pyridine rings is 1. The molecule has 0 bridgehead atoms. The average Bonchev–Trinajstić information content (AvgIpc) is 2.65. The predicted octanol–water partition coefficient (Wildman–Crippen LogP) is 1.94. The van der Waals surface area contributed by atoms with Crippen molar-refractivity contribution in [3.8, 4) is 6.07 Å². The van der Waals surface area contributed by atoms with Gasteiger partial charge in [-0.05, 0) is 17.7 Å². The van der Waals surface area contributed by atoms with Crippen molar-refractivity contribution in [2.75, 3.05) is 0 Å². The summed E-state index contributed by atoms with van der Waals surface area (Å²) in [5.74, 6) is -0.347. The van der Waals surface area contributed by atoms with Crippen LogP contribution in [0.25, 0.3) is 0 Å². The van der Waals surface area contributed by atoms with Gasteiger partial charge in [0.05, 0.1) is 11.8 Å². The van der Waals surface area contributed by atoms with Crippen LogP contribution in [0.1, 0.15) is 11.1 Å². The van der Waals surface area contributed by atoms with Crippen LogP contribution in [0.4, 0.5) is 4.39 Å². The first-order valence-electron chi connectivity index (χ1n) is 4.43. The van der Waals surface area contributed by atoms with E-state index in [4.69, 9.17) is 5.26 Å². The lowest BCUT2D eigenvalue weighted by atomic mass is 10.3. The molecule has 0 spiro atoms. The molecule has 0 amide bonds. The minimum Gasteiger partial charge on any atom is -0.348 e. The molecular weight excluding hydrogens is 193 g/mol. The Balaban J connectivity index is 2.19. The van der Waals surface area contributed by atoms with Crippen LogP contribution in [0.15, 0.2) is 36.9 Å². The van der Waals surface area contributed by atoms with Crippen molar-refractivity contribution in [1.29, 1.82) is 5.26 Å². The molecule has 15 heavy (non-hydrogen) atoms. The van der Waals surface area contributed by atoms with E-state index in [9.17, 15) is 4.39 Å². The van der Waals surface area contributed by atoms with Crippen LogP contribution < -0.4 is 0 Å². The van der Waals surface area contributed by atoms with Gasteiger partial charge in [0.1, 0.15) is 11.9 Å². The third kappa shape index (κ3) is 2.20. The maximum atomic E-state index is 12.8. The third-order valence-electron chi connectivity index (χ3n) is 2.01. The zero-order valence-electron chi connectivity index (χ0n) is 7.89. The number of nitriles is 1. The minimum atomic E-state index is -0.347. The van der Waals surface area contributed by atoms with Crippen molar-refractivity contribution < 1.29 is 4.39 Å². The van der Waals surface area contributed by atoms with Crippen LogP contribution in [0.2, 0.25) is 0 Å². The second-order valence-corrected chi connectivity index (χ2v) is 3.20. The van der Waals surface area contributed by atoms with Crippen molar-refractivity contribution >= 4 is 0 Å². The zero-order chi connectivity index (χ0) is 10.7. The molecule has 4 heteroatoms. The summed E-state index contributed by atoms with van der Waals surface area (Å²) in [5.41, 5.74) is 1.37. The number of rotatable bonds is 2. The minimum absolute atomic E-state index is 0.347. The van der Waals surface area contributed by atoms with Gasteiger partial charge in [-0.15, -0.1) is 0 Å². The summed E-state index contributed by atoms with van der Waals surface area (Å²) in [7, 11) is 0. The van der Waals surface area contributed by atoms with Crippen molar-refractivity contribution in [3.05, 3.63) is 53.9 Å². The molecule has 0 saturated heterocycles. The Hall–Kier alpha value is -2.15. The number of nitrogens with zero attached hydrogens (tertiary/aromatic N) is 3. The van der Waals surface area contributed by atoms with E-state index in [-0.39, 0.29) is 5.82 Å². The molecule has 0 unspecified atom stereocenters. The van der Waals surface area contributed by atoms with E-state index < -0.39 is 0 Å². The first-order chi connectivity index (χ1) is 7.28. The molecular formula is C11H8FN3. The fourth-order valence-electron chi connectivity index (χ4n) is 1.36. The summed E-state index contributed by atoms with van der Waals surface area (Å²) >= 11 is 0. The summed E-state index contributed by atoms with van der Waals surface area (Å²) < 4.78 is 14.6. The van der Waals surface area contributed by atoms with Crippen molar-refractivity contribution in [1.82, 2.24) is 9.55 Å². The summed E-state index contributed by atoms with van der Waals surface area (Å²) in [5, 5.41) is 8.63. The number of aromatic nitrogens is 2.